The van der Waals surface area contributed by atoms with Gasteiger partial charge in [-0.25, -0.2) is 0 Å². The lowest BCUT2D eigenvalue weighted by molar-refractivity contribution is -0.128. The van der Waals surface area contributed by atoms with Gasteiger partial charge in [0.25, 0.3) is 5.91 Å². The summed E-state index contributed by atoms with van der Waals surface area (Å²) in [7, 11) is 1.43. The number of methoxy groups -OCH3 is 1. The number of rotatable bonds is 3. The molecular formula is C9H10ClNO2. The van der Waals surface area contributed by atoms with Crippen molar-refractivity contribution in [2.75, 3.05) is 7.11 Å². The SMILES string of the molecule is COC(C(N)=O)c1cccc(Cl)c1. The Morgan fingerprint density at radius 1 is 1.62 bits per heavy atom. The molecule has 0 aliphatic rings. The van der Waals surface area contributed by atoms with E-state index in [0.29, 0.717) is 10.6 Å². The molecule has 1 aromatic carbocycles. The number of amides is 1. The van der Waals surface area contributed by atoms with Crippen LogP contribution in [0.4, 0.5) is 0 Å². The summed E-state index contributed by atoms with van der Waals surface area (Å²) in [5, 5.41) is 0.556. The van der Waals surface area contributed by atoms with E-state index in [9.17, 15) is 4.79 Å². The van der Waals surface area contributed by atoms with Gasteiger partial charge in [0.1, 0.15) is 0 Å². The van der Waals surface area contributed by atoms with Gasteiger partial charge in [-0.2, -0.15) is 0 Å². The molecule has 0 aliphatic heterocycles. The fourth-order valence-electron chi connectivity index (χ4n) is 1.09. The Balaban J connectivity index is 2.98. The van der Waals surface area contributed by atoms with Gasteiger partial charge in [0, 0.05) is 12.1 Å². The van der Waals surface area contributed by atoms with Crippen LogP contribution in [-0.4, -0.2) is 13.0 Å². The molecule has 3 nitrogen and oxygen atoms in total. The van der Waals surface area contributed by atoms with Gasteiger partial charge >= 0.3 is 0 Å². The van der Waals surface area contributed by atoms with Crippen molar-refractivity contribution < 1.29 is 9.53 Å². The number of nitrogens with two attached hydrogens (primary N) is 1. The fraction of sp³-hybridized carbons (Fsp3) is 0.222. The third kappa shape index (κ3) is 2.44. The van der Waals surface area contributed by atoms with Crippen molar-refractivity contribution in [2.45, 2.75) is 6.10 Å². The van der Waals surface area contributed by atoms with E-state index in [1.54, 1.807) is 24.3 Å². The Bertz CT molecular complexity index is 314. The first-order valence-corrected chi connectivity index (χ1v) is 4.10. The molecule has 0 saturated carbocycles. The summed E-state index contributed by atoms with van der Waals surface area (Å²) < 4.78 is 4.92. The molecule has 1 atom stereocenters. The van der Waals surface area contributed by atoms with Crippen molar-refractivity contribution in [3.8, 4) is 0 Å². The summed E-state index contributed by atoms with van der Waals surface area (Å²) >= 11 is 5.74. The van der Waals surface area contributed by atoms with Crippen LogP contribution in [0.3, 0.4) is 0 Å². The minimum Gasteiger partial charge on any atom is -0.367 e. The Labute approximate surface area is 81.4 Å². The molecule has 70 valence electrons. The first-order valence-electron chi connectivity index (χ1n) is 3.72. The van der Waals surface area contributed by atoms with E-state index in [4.69, 9.17) is 22.1 Å². The summed E-state index contributed by atoms with van der Waals surface area (Å²) in [5.74, 6) is -0.523. The van der Waals surface area contributed by atoms with E-state index in [2.05, 4.69) is 0 Å². The van der Waals surface area contributed by atoms with Crippen LogP contribution in [0.25, 0.3) is 0 Å². The molecule has 0 heterocycles. The molecule has 1 unspecified atom stereocenters. The predicted octanol–water partition coefficient (Wildman–Crippen LogP) is 1.51. The Morgan fingerprint density at radius 3 is 2.77 bits per heavy atom. The van der Waals surface area contributed by atoms with Gasteiger partial charge in [-0.15, -0.1) is 0 Å². The molecule has 0 aromatic heterocycles. The highest BCUT2D eigenvalue weighted by Crippen LogP contribution is 2.19. The summed E-state index contributed by atoms with van der Waals surface area (Å²) in [6.07, 6.45) is -0.723. The van der Waals surface area contributed by atoms with Crippen molar-refractivity contribution >= 4 is 17.5 Å². The van der Waals surface area contributed by atoms with E-state index in [1.165, 1.54) is 7.11 Å². The predicted molar refractivity (Wildman–Crippen MR) is 50.4 cm³/mol. The minimum atomic E-state index is -0.723. The number of primary amides is 1. The molecule has 1 amide bonds. The molecule has 0 aliphatic carbocycles. The van der Waals surface area contributed by atoms with Gasteiger partial charge in [0.2, 0.25) is 0 Å². The monoisotopic (exact) mass is 199 g/mol. The Kier molecular flexibility index (Phi) is 3.28. The van der Waals surface area contributed by atoms with E-state index < -0.39 is 12.0 Å². The van der Waals surface area contributed by atoms with Crippen LogP contribution >= 0.6 is 11.6 Å². The lowest BCUT2D eigenvalue weighted by Gasteiger charge is -2.11. The number of hydrogen-bond acceptors (Lipinski definition) is 2. The first-order chi connectivity index (χ1) is 6.15. The maximum Gasteiger partial charge on any atom is 0.251 e. The molecule has 0 fully saturated rings. The summed E-state index contributed by atoms with van der Waals surface area (Å²) in [5.41, 5.74) is 5.79. The number of halogens is 1. The van der Waals surface area contributed by atoms with Crippen molar-refractivity contribution in [3.05, 3.63) is 34.9 Å². The number of hydrogen-bond donors (Lipinski definition) is 1. The quantitative estimate of drug-likeness (QED) is 0.803. The van der Waals surface area contributed by atoms with Gasteiger partial charge in [-0.05, 0) is 17.7 Å². The van der Waals surface area contributed by atoms with Gasteiger partial charge in [0.05, 0.1) is 0 Å². The summed E-state index contributed by atoms with van der Waals surface area (Å²) in [6.45, 7) is 0. The van der Waals surface area contributed by atoms with Crippen molar-refractivity contribution in [1.29, 1.82) is 0 Å². The molecule has 0 spiro atoms. The number of ether oxygens (including phenoxy) is 1. The smallest absolute Gasteiger partial charge is 0.251 e. The zero-order valence-electron chi connectivity index (χ0n) is 7.16. The van der Waals surface area contributed by atoms with E-state index >= 15 is 0 Å². The molecule has 1 aromatic rings. The van der Waals surface area contributed by atoms with Crippen LogP contribution in [0, 0.1) is 0 Å². The molecule has 0 bridgehead atoms. The third-order valence-corrected chi connectivity index (χ3v) is 1.88. The second-order valence-electron chi connectivity index (χ2n) is 2.57. The van der Waals surface area contributed by atoms with Gasteiger partial charge in [0.15, 0.2) is 6.10 Å². The largest absolute Gasteiger partial charge is 0.367 e. The zero-order valence-corrected chi connectivity index (χ0v) is 7.91. The van der Waals surface area contributed by atoms with Crippen LogP contribution in [0.2, 0.25) is 5.02 Å². The molecule has 4 heteroatoms. The van der Waals surface area contributed by atoms with E-state index in [0.717, 1.165) is 0 Å². The van der Waals surface area contributed by atoms with E-state index in [1.807, 2.05) is 0 Å². The number of carbonyl (C=O) groups excluding carboxylic acids is 1. The summed E-state index contributed by atoms with van der Waals surface area (Å²) in [6, 6.07) is 6.86. The summed E-state index contributed by atoms with van der Waals surface area (Å²) in [4.78, 5) is 10.9. The van der Waals surface area contributed by atoms with Crippen LogP contribution in [0.15, 0.2) is 24.3 Å². The lowest BCUT2D eigenvalue weighted by atomic mass is 10.1. The van der Waals surface area contributed by atoms with Crippen molar-refractivity contribution in [2.24, 2.45) is 5.73 Å². The van der Waals surface area contributed by atoms with E-state index in [-0.39, 0.29) is 0 Å². The maximum absolute atomic E-state index is 10.9. The van der Waals surface area contributed by atoms with Gasteiger partial charge < -0.3 is 10.5 Å². The standard InChI is InChI=1S/C9H10ClNO2/c1-13-8(9(11)12)6-3-2-4-7(10)5-6/h2-5,8H,1H3,(H2,11,12). The van der Waals surface area contributed by atoms with Crippen molar-refractivity contribution in [1.82, 2.24) is 0 Å². The zero-order chi connectivity index (χ0) is 9.84. The molecule has 1 rings (SSSR count). The normalized spacial score (nSPS) is 12.5. The Hall–Kier alpha value is -1.06. The lowest BCUT2D eigenvalue weighted by Crippen LogP contribution is -2.22. The van der Waals surface area contributed by atoms with Crippen LogP contribution in [0.1, 0.15) is 11.7 Å². The fourth-order valence-corrected chi connectivity index (χ4v) is 1.28. The number of carbonyl (C=O) groups is 1. The molecular weight excluding hydrogens is 190 g/mol. The highest BCUT2D eigenvalue weighted by molar-refractivity contribution is 6.30. The van der Waals surface area contributed by atoms with Crippen LogP contribution in [0.5, 0.6) is 0 Å². The number of benzene rings is 1. The molecule has 2 N–H and O–H groups in total. The Morgan fingerprint density at radius 2 is 2.31 bits per heavy atom. The minimum absolute atomic E-state index is 0.523. The van der Waals surface area contributed by atoms with Gasteiger partial charge in [-0.3, -0.25) is 4.79 Å². The molecule has 0 radical (unpaired) electrons. The maximum atomic E-state index is 10.9. The molecule has 0 saturated heterocycles. The topological polar surface area (TPSA) is 52.3 Å². The van der Waals surface area contributed by atoms with Gasteiger partial charge in [-0.1, -0.05) is 23.7 Å². The average Bonchev–Trinajstić information content (AvgIpc) is 2.04. The third-order valence-electron chi connectivity index (χ3n) is 1.65. The van der Waals surface area contributed by atoms with Crippen LogP contribution < -0.4 is 5.73 Å². The second kappa shape index (κ2) is 4.25. The highest BCUT2D eigenvalue weighted by Gasteiger charge is 2.16. The second-order valence-corrected chi connectivity index (χ2v) is 3.01. The molecule has 13 heavy (non-hydrogen) atoms. The average molecular weight is 200 g/mol. The highest BCUT2D eigenvalue weighted by atomic mass is 35.5. The first kappa shape index (κ1) is 10.0. The van der Waals surface area contributed by atoms with Crippen LogP contribution in [-0.2, 0) is 9.53 Å². The van der Waals surface area contributed by atoms with Crippen molar-refractivity contribution in [3.63, 3.8) is 0 Å².